The van der Waals surface area contributed by atoms with Gasteiger partial charge < -0.3 is 4.74 Å². The lowest BCUT2D eigenvalue weighted by molar-refractivity contribution is 0.285. The first kappa shape index (κ1) is 14.3. The number of fused-ring (bicyclic) bond motifs is 1. The predicted molar refractivity (Wildman–Crippen MR) is 92.6 cm³/mol. The maximum atomic E-state index is 5.97. The van der Waals surface area contributed by atoms with Gasteiger partial charge in [-0.25, -0.2) is 4.98 Å². The third-order valence-electron chi connectivity index (χ3n) is 3.31. The van der Waals surface area contributed by atoms with Crippen LogP contribution in [0.2, 0.25) is 0 Å². The van der Waals surface area contributed by atoms with Crippen LogP contribution in [0.3, 0.4) is 0 Å². The van der Waals surface area contributed by atoms with Crippen molar-refractivity contribution >= 4 is 32.9 Å². The average molecular weight is 387 g/mol. The van der Waals surface area contributed by atoms with Crippen molar-refractivity contribution in [1.82, 2.24) is 19.6 Å². The molecule has 0 unspecified atom stereocenters. The Morgan fingerprint density at radius 3 is 2.87 bits per heavy atom. The number of nitrogens with zero attached hydrogens (tertiary/aromatic N) is 4. The summed E-state index contributed by atoms with van der Waals surface area (Å²) in [4.78, 5) is 9.77. The molecule has 0 spiro atoms. The van der Waals surface area contributed by atoms with Crippen molar-refractivity contribution in [1.29, 1.82) is 0 Å². The molecule has 7 heteroatoms. The number of halogens is 1. The first-order valence-corrected chi connectivity index (χ1v) is 8.58. The van der Waals surface area contributed by atoms with Gasteiger partial charge in [0.2, 0.25) is 5.88 Å². The summed E-state index contributed by atoms with van der Waals surface area (Å²) in [7, 11) is 0. The Balaban J connectivity index is 1.75. The Morgan fingerprint density at radius 2 is 2.09 bits per heavy atom. The van der Waals surface area contributed by atoms with Crippen molar-refractivity contribution in [3.8, 4) is 16.5 Å². The summed E-state index contributed by atoms with van der Waals surface area (Å²) in [5.74, 6) is 0.654. The number of ether oxygens (including phenoxy) is 1. The van der Waals surface area contributed by atoms with Crippen LogP contribution in [0.4, 0.5) is 0 Å². The van der Waals surface area contributed by atoms with E-state index in [0.29, 0.717) is 12.5 Å². The highest BCUT2D eigenvalue weighted by molar-refractivity contribution is 9.10. The van der Waals surface area contributed by atoms with E-state index in [4.69, 9.17) is 4.74 Å². The van der Waals surface area contributed by atoms with E-state index in [0.717, 1.165) is 26.3 Å². The summed E-state index contributed by atoms with van der Waals surface area (Å²) < 4.78 is 8.51. The molecule has 5 nitrogen and oxygen atoms in total. The van der Waals surface area contributed by atoms with Crippen molar-refractivity contribution in [2.45, 2.75) is 6.61 Å². The second kappa shape index (κ2) is 6.10. The van der Waals surface area contributed by atoms with Gasteiger partial charge in [0.25, 0.3) is 0 Å². The fraction of sp³-hybridized carbons (Fsp3) is 0.0625. The summed E-state index contributed by atoms with van der Waals surface area (Å²) in [5.41, 5.74) is 2.66. The average Bonchev–Trinajstić information content (AvgIpc) is 3.24. The number of aromatic nitrogens is 4. The number of rotatable bonds is 4. The molecule has 4 heterocycles. The van der Waals surface area contributed by atoms with Gasteiger partial charge in [-0.1, -0.05) is 6.07 Å². The summed E-state index contributed by atoms with van der Waals surface area (Å²) in [5, 5.41) is 6.36. The smallest absolute Gasteiger partial charge is 0.219 e. The fourth-order valence-corrected chi connectivity index (χ4v) is 3.23. The maximum absolute atomic E-state index is 5.97. The molecule has 0 aliphatic rings. The monoisotopic (exact) mass is 386 g/mol. The van der Waals surface area contributed by atoms with Crippen molar-refractivity contribution in [2.24, 2.45) is 0 Å². The molecule has 4 rings (SSSR count). The number of pyridine rings is 1. The van der Waals surface area contributed by atoms with Gasteiger partial charge in [0.15, 0.2) is 5.65 Å². The minimum absolute atomic E-state index is 0.447. The highest BCUT2D eigenvalue weighted by Crippen LogP contribution is 2.29. The third-order valence-corrected chi connectivity index (χ3v) is 4.76. The summed E-state index contributed by atoms with van der Waals surface area (Å²) in [6.45, 7) is 0.447. The maximum Gasteiger partial charge on any atom is 0.219 e. The molecule has 0 bridgehead atoms. The van der Waals surface area contributed by atoms with Crippen LogP contribution in [-0.4, -0.2) is 19.6 Å². The van der Waals surface area contributed by atoms with Crippen LogP contribution in [-0.2, 0) is 6.61 Å². The molecule has 0 amide bonds. The van der Waals surface area contributed by atoms with Gasteiger partial charge in [-0.3, -0.25) is 4.98 Å². The highest BCUT2D eigenvalue weighted by atomic mass is 79.9. The molecule has 4 aromatic heterocycles. The highest BCUT2D eigenvalue weighted by Gasteiger charge is 2.13. The van der Waals surface area contributed by atoms with Gasteiger partial charge in [0.1, 0.15) is 6.61 Å². The lowest BCUT2D eigenvalue weighted by Crippen LogP contribution is -2.03. The zero-order valence-corrected chi connectivity index (χ0v) is 14.3. The van der Waals surface area contributed by atoms with Crippen molar-refractivity contribution in [2.75, 3.05) is 0 Å². The Labute approximate surface area is 144 Å². The van der Waals surface area contributed by atoms with E-state index >= 15 is 0 Å². The minimum Gasteiger partial charge on any atom is -0.473 e. The van der Waals surface area contributed by atoms with E-state index in [2.05, 4.69) is 31.0 Å². The topological polar surface area (TPSA) is 52.3 Å². The Kier molecular flexibility index (Phi) is 3.80. The molecule has 0 saturated carbocycles. The van der Waals surface area contributed by atoms with Crippen LogP contribution in [0.1, 0.15) is 5.56 Å². The van der Waals surface area contributed by atoms with Crippen LogP contribution in [0.5, 0.6) is 5.88 Å². The zero-order chi connectivity index (χ0) is 15.6. The molecule has 23 heavy (non-hydrogen) atoms. The lowest BCUT2D eigenvalue weighted by Gasteiger charge is -2.09. The van der Waals surface area contributed by atoms with Crippen molar-refractivity contribution in [3.63, 3.8) is 0 Å². The molecule has 0 aromatic carbocycles. The molecule has 114 valence electrons. The Bertz CT molecular complexity index is 938. The SMILES string of the molecule is Brc1cnn2c(OCc3ccncc3)cc(-c3cccs3)nc12. The van der Waals surface area contributed by atoms with Gasteiger partial charge in [-0.2, -0.15) is 9.61 Å². The molecule has 0 aliphatic carbocycles. The standard InChI is InChI=1S/C16H11BrN4OS/c17-12-9-19-21-15(22-10-11-3-5-18-6-4-11)8-13(20-16(12)21)14-2-1-7-23-14/h1-9H,10H2. The molecule has 0 fully saturated rings. The molecule has 0 aliphatic heterocycles. The van der Waals surface area contributed by atoms with Gasteiger partial charge in [-0.05, 0) is 45.1 Å². The second-order valence-electron chi connectivity index (χ2n) is 4.83. The van der Waals surface area contributed by atoms with E-state index < -0.39 is 0 Å². The van der Waals surface area contributed by atoms with Crippen LogP contribution in [0.25, 0.3) is 16.2 Å². The van der Waals surface area contributed by atoms with Crippen molar-refractivity contribution < 1.29 is 4.74 Å². The second-order valence-corrected chi connectivity index (χ2v) is 6.63. The molecule has 0 N–H and O–H groups in total. The molecular weight excluding hydrogens is 376 g/mol. The number of hydrogen-bond acceptors (Lipinski definition) is 5. The minimum atomic E-state index is 0.447. The lowest BCUT2D eigenvalue weighted by atomic mass is 10.3. The Morgan fingerprint density at radius 1 is 1.22 bits per heavy atom. The summed E-state index contributed by atoms with van der Waals surface area (Å²) in [6, 6.07) is 9.82. The molecule has 0 radical (unpaired) electrons. The van der Waals surface area contributed by atoms with Gasteiger partial charge in [0, 0.05) is 18.5 Å². The zero-order valence-electron chi connectivity index (χ0n) is 11.9. The molecule has 0 atom stereocenters. The van der Waals surface area contributed by atoms with Gasteiger partial charge in [0.05, 0.1) is 21.2 Å². The van der Waals surface area contributed by atoms with Gasteiger partial charge >= 0.3 is 0 Å². The van der Waals surface area contributed by atoms with E-state index in [-0.39, 0.29) is 0 Å². The van der Waals surface area contributed by atoms with Crippen LogP contribution < -0.4 is 4.74 Å². The Hall–Kier alpha value is -2.25. The normalized spacial score (nSPS) is 11.0. The predicted octanol–water partition coefficient (Wildman–Crippen LogP) is 4.19. The molecule has 4 aromatic rings. The summed E-state index contributed by atoms with van der Waals surface area (Å²) >= 11 is 5.13. The number of thiophene rings is 1. The van der Waals surface area contributed by atoms with Crippen molar-refractivity contribution in [3.05, 3.63) is 64.3 Å². The summed E-state index contributed by atoms with van der Waals surface area (Å²) in [6.07, 6.45) is 5.23. The van der Waals surface area contributed by atoms with E-state index in [1.807, 2.05) is 35.7 Å². The quantitative estimate of drug-likeness (QED) is 0.527. The van der Waals surface area contributed by atoms with Crippen LogP contribution in [0.15, 0.2) is 58.8 Å². The van der Waals surface area contributed by atoms with E-state index in [1.165, 1.54) is 0 Å². The number of hydrogen-bond donors (Lipinski definition) is 0. The molecular formula is C16H11BrN4OS. The first-order valence-electron chi connectivity index (χ1n) is 6.91. The first-order chi connectivity index (χ1) is 11.3. The largest absolute Gasteiger partial charge is 0.473 e. The van der Waals surface area contributed by atoms with E-state index in [9.17, 15) is 0 Å². The van der Waals surface area contributed by atoms with Crippen LogP contribution >= 0.6 is 27.3 Å². The fourth-order valence-electron chi connectivity index (χ4n) is 2.20. The van der Waals surface area contributed by atoms with E-state index in [1.54, 1.807) is 34.4 Å². The molecule has 0 saturated heterocycles. The third kappa shape index (κ3) is 2.85. The van der Waals surface area contributed by atoms with Crippen LogP contribution in [0, 0.1) is 0 Å². The van der Waals surface area contributed by atoms with Gasteiger partial charge in [-0.15, -0.1) is 11.3 Å².